The van der Waals surface area contributed by atoms with Crippen molar-refractivity contribution in [1.82, 2.24) is 4.90 Å². The highest BCUT2D eigenvalue weighted by Crippen LogP contribution is 2.23. The Morgan fingerprint density at radius 2 is 1.78 bits per heavy atom. The summed E-state index contributed by atoms with van der Waals surface area (Å²) < 4.78 is 0. The van der Waals surface area contributed by atoms with Crippen molar-refractivity contribution in [2.45, 2.75) is 53.0 Å². The fourth-order valence-corrected chi connectivity index (χ4v) is 3.06. The first kappa shape index (κ1) is 13.1. The van der Waals surface area contributed by atoms with Crippen LogP contribution in [0.15, 0.2) is 12.1 Å². The monoisotopic (exact) mass is 245 g/mol. The molecular weight excluding hydrogens is 222 g/mol. The lowest BCUT2D eigenvalue weighted by atomic mass is 9.96. The molecule has 0 radical (unpaired) electrons. The van der Waals surface area contributed by atoms with Crippen LogP contribution in [0.3, 0.4) is 0 Å². The highest BCUT2D eigenvalue weighted by Gasteiger charge is 2.26. The first-order chi connectivity index (χ1) is 8.50. The van der Waals surface area contributed by atoms with Crippen molar-refractivity contribution in [3.63, 3.8) is 0 Å². The number of piperidine rings is 1. The van der Waals surface area contributed by atoms with E-state index in [2.05, 4.69) is 26.0 Å². The zero-order valence-electron chi connectivity index (χ0n) is 11.9. The molecule has 1 aromatic carbocycles. The summed E-state index contributed by atoms with van der Waals surface area (Å²) in [6.45, 7) is 9.24. The van der Waals surface area contributed by atoms with Crippen molar-refractivity contribution in [2.75, 3.05) is 6.54 Å². The molecule has 1 aliphatic heterocycles. The van der Waals surface area contributed by atoms with Crippen molar-refractivity contribution in [3.05, 3.63) is 34.4 Å². The van der Waals surface area contributed by atoms with Gasteiger partial charge in [-0.25, -0.2) is 0 Å². The summed E-state index contributed by atoms with van der Waals surface area (Å²) in [5.41, 5.74) is 4.35. The number of hydrogen-bond donors (Lipinski definition) is 0. The number of hydrogen-bond acceptors (Lipinski definition) is 1. The zero-order valence-corrected chi connectivity index (χ0v) is 11.9. The third kappa shape index (κ3) is 2.43. The molecule has 0 spiro atoms. The van der Waals surface area contributed by atoms with E-state index in [4.69, 9.17) is 0 Å². The van der Waals surface area contributed by atoms with Gasteiger partial charge in [-0.2, -0.15) is 0 Å². The van der Waals surface area contributed by atoms with Gasteiger partial charge in [0.2, 0.25) is 0 Å². The molecule has 1 atom stereocenters. The van der Waals surface area contributed by atoms with Gasteiger partial charge in [0.1, 0.15) is 0 Å². The average molecular weight is 245 g/mol. The summed E-state index contributed by atoms with van der Waals surface area (Å²) in [6.07, 6.45) is 3.52. The number of amides is 1. The fourth-order valence-electron chi connectivity index (χ4n) is 3.06. The second-order valence-electron chi connectivity index (χ2n) is 5.62. The number of benzene rings is 1. The van der Waals surface area contributed by atoms with E-state index in [-0.39, 0.29) is 5.91 Å². The molecule has 0 aromatic heterocycles. The molecule has 1 aliphatic rings. The van der Waals surface area contributed by atoms with Gasteiger partial charge < -0.3 is 4.90 Å². The quantitative estimate of drug-likeness (QED) is 0.740. The number of aryl methyl sites for hydroxylation is 3. The molecule has 2 rings (SSSR count). The zero-order chi connectivity index (χ0) is 13.3. The van der Waals surface area contributed by atoms with Crippen LogP contribution in [-0.4, -0.2) is 23.4 Å². The van der Waals surface area contributed by atoms with Crippen molar-refractivity contribution in [3.8, 4) is 0 Å². The number of nitrogens with zero attached hydrogens (tertiary/aromatic N) is 1. The van der Waals surface area contributed by atoms with Gasteiger partial charge in [0, 0.05) is 18.2 Å². The first-order valence-corrected chi connectivity index (χ1v) is 6.89. The highest BCUT2D eigenvalue weighted by molar-refractivity contribution is 5.97. The molecule has 18 heavy (non-hydrogen) atoms. The van der Waals surface area contributed by atoms with E-state index in [1.54, 1.807) is 0 Å². The van der Waals surface area contributed by atoms with Crippen molar-refractivity contribution >= 4 is 5.91 Å². The van der Waals surface area contributed by atoms with Gasteiger partial charge in [0.05, 0.1) is 0 Å². The normalized spacial score (nSPS) is 20.0. The lowest BCUT2D eigenvalue weighted by Gasteiger charge is -2.34. The van der Waals surface area contributed by atoms with Crippen molar-refractivity contribution in [2.24, 2.45) is 0 Å². The summed E-state index contributed by atoms with van der Waals surface area (Å²) in [5.74, 6) is 0.220. The predicted molar refractivity (Wildman–Crippen MR) is 75.0 cm³/mol. The second kappa shape index (κ2) is 5.13. The van der Waals surface area contributed by atoms with Crippen LogP contribution in [0.2, 0.25) is 0 Å². The van der Waals surface area contributed by atoms with Gasteiger partial charge in [-0.3, -0.25) is 4.79 Å². The maximum Gasteiger partial charge on any atom is 0.254 e. The lowest BCUT2D eigenvalue weighted by Crippen LogP contribution is -2.42. The minimum atomic E-state index is 0.220. The average Bonchev–Trinajstić information content (AvgIpc) is 2.27. The Balaban J connectivity index is 2.33. The second-order valence-corrected chi connectivity index (χ2v) is 5.62. The summed E-state index contributed by atoms with van der Waals surface area (Å²) >= 11 is 0. The van der Waals surface area contributed by atoms with E-state index in [1.807, 2.05) is 18.7 Å². The van der Waals surface area contributed by atoms with E-state index in [1.165, 1.54) is 12.0 Å². The van der Waals surface area contributed by atoms with Crippen LogP contribution in [0, 0.1) is 20.8 Å². The van der Waals surface area contributed by atoms with Gasteiger partial charge >= 0.3 is 0 Å². The minimum Gasteiger partial charge on any atom is -0.336 e. The number of carbonyl (C=O) groups excluding carboxylic acids is 1. The molecule has 0 N–H and O–H groups in total. The molecule has 0 saturated carbocycles. The molecular formula is C16H23NO. The highest BCUT2D eigenvalue weighted by atomic mass is 16.2. The summed E-state index contributed by atoms with van der Waals surface area (Å²) in [5, 5.41) is 0. The Bertz CT molecular complexity index is 441. The smallest absolute Gasteiger partial charge is 0.254 e. The van der Waals surface area contributed by atoms with Gasteiger partial charge in [-0.05, 0) is 58.1 Å². The number of carbonyl (C=O) groups is 1. The van der Waals surface area contributed by atoms with Crippen molar-refractivity contribution in [1.29, 1.82) is 0 Å². The van der Waals surface area contributed by atoms with Gasteiger partial charge in [-0.1, -0.05) is 17.7 Å². The van der Waals surface area contributed by atoms with Gasteiger partial charge in [0.15, 0.2) is 0 Å². The molecule has 1 fully saturated rings. The third-order valence-corrected chi connectivity index (χ3v) is 3.95. The summed E-state index contributed by atoms with van der Waals surface area (Å²) in [6, 6.07) is 4.59. The van der Waals surface area contributed by atoms with Gasteiger partial charge in [-0.15, -0.1) is 0 Å². The minimum absolute atomic E-state index is 0.220. The summed E-state index contributed by atoms with van der Waals surface area (Å²) in [7, 11) is 0. The molecule has 0 bridgehead atoms. The lowest BCUT2D eigenvalue weighted by molar-refractivity contribution is 0.0634. The van der Waals surface area contributed by atoms with E-state index in [9.17, 15) is 4.79 Å². The van der Waals surface area contributed by atoms with E-state index in [0.29, 0.717) is 6.04 Å². The van der Waals surface area contributed by atoms with Crippen LogP contribution < -0.4 is 0 Å². The molecule has 1 aromatic rings. The van der Waals surface area contributed by atoms with E-state index in [0.717, 1.165) is 36.1 Å². The molecule has 1 saturated heterocycles. The standard InChI is InChI=1S/C16H23NO/c1-11-9-12(2)15(13(3)10-11)16(18)17-8-6-5-7-14(17)4/h9-10,14H,5-8H2,1-4H3/t14-/m1/s1. The maximum atomic E-state index is 12.7. The molecule has 0 unspecified atom stereocenters. The topological polar surface area (TPSA) is 20.3 Å². The van der Waals surface area contributed by atoms with Crippen LogP contribution in [0.25, 0.3) is 0 Å². The molecule has 1 amide bonds. The van der Waals surface area contributed by atoms with Crippen LogP contribution in [0.1, 0.15) is 53.2 Å². The Hall–Kier alpha value is -1.31. The predicted octanol–water partition coefficient (Wildman–Crippen LogP) is 3.63. The van der Waals surface area contributed by atoms with Crippen LogP contribution in [0.4, 0.5) is 0 Å². The Labute approximate surface area is 110 Å². The maximum absolute atomic E-state index is 12.7. The SMILES string of the molecule is Cc1cc(C)c(C(=O)N2CCCC[C@H]2C)c(C)c1. The molecule has 2 heteroatoms. The molecule has 2 nitrogen and oxygen atoms in total. The third-order valence-electron chi connectivity index (χ3n) is 3.95. The van der Waals surface area contributed by atoms with Crippen LogP contribution in [0.5, 0.6) is 0 Å². The first-order valence-electron chi connectivity index (χ1n) is 6.89. The largest absolute Gasteiger partial charge is 0.336 e. The van der Waals surface area contributed by atoms with Crippen LogP contribution >= 0.6 is 0 Å². The Kier molecular flexibility index (Phi) is 3.74. The summed E-state index contributed by atoms with van der Waals surface area (Å²) in [4.78, 5) is 14.7. The van der Waals surface area contributed by atoms with E-state index >= 15 is 0 Å². The molecule has 98 valence electrons. The van der Waals surface area contributed by atoms with Crippen LogP contribution in [-0.2, 0) is 0 Å². The number of likely N-dealkylation sites (tertiary alicyclic amines) is 1. The Morgan fingerprint density at radius 1 is 1.17 bits per heavy atom. The van der Waals surface area contributed by atoms with Gasteiger partial charge in [0.25, 0.3) is 5.91 Å². The number of rotatable bonds is 1. The fraction of sp³-hybridized carbons (Fsp3) is 0.562. The molecule has 0 aliphatic carbocycles. The van der Waals surface area contributed by atoms with Crippen molar-refractivity contribution < 1.29 is 4.79 Å². The molecule has 1 heterocycles. The van der Waals surface area contributed by atoms with E-state index < -0.39 is 0 Å². The Morgan fingerprint density at radius 3 is 2.33 bits per heavy atom.